The smallest absolute Gasteiger partial charge is 0.186 e. The SMILES string of the molecule is OCCNCCOC1OC(CO)C(O)C(O)C1O. The van der Waals surface area contributed by atoms with Crippen molar-refractivity contribution in [2.24, 2.45) is 0 Å². The van der Waals surface area contributed by atoms with E-state index in [2.05, 4.69) is 5.32 Å². The Kier molecular flexibility index (Phi) is 6.97. The highest BCUT2D eigenvalue weighted by Gasteiger charge is 2.43. The van der Waals surface area contributed by atoms with Gasteiger partial charge in [0.2, 0.25) is 0 Å². The van der Waals surface area contributed by atoms with E-state index in [1.54, 1.807) is 0 Å². The summed E-state index contributed by atoms with van der Waals surface area (Å²) >= 11 is 0. The molecule has 0 aromatic rings. The van der Waals surface area contributed by atoms with Crippen LogP contribution in [0.1, 0.15) is 0 Å². The first-order valence-electron chi connectivity index (χ1n) is 5.85. The van der Waals surface area contributed by atoms with Crippen molar-refractivity contribution in [1.29, 1.82) is 0 Å². The van der Waals surface area contributed by atoms with E-state index < -0.39 is 37.3 Å². The average molecular weight is 267 g/mol. The summed E-state index contributed by atoms with van der Waals surface area (Å²) in [6.45, 7) is 0.601. The van der Waals surface area contributed by atoms with Crippen LogP contribution in [0.4, 0.5) is 0 Å². The molecule has 0 spiro atoms. The van der Waals surface area contributed by atoms with Crippen LogP contribution in [-0.2, 0) is 9.47 Å². The van der Waals surface area contributed by atoms with Gasteiger partial charge in [0.05, 0.1) is 19.8 Å². The molecule has 0 aromatic heterocycles. The molecule has 1 rings (SSSR count). The Morgan fingerprint density at radius 1 is 1.00 bits per heavy atom. The maximum atomic E-state index is 9.62. The first kappa shape index (κ1) is 15.7. The summed E-state index contributed by atoms with van der Waals surface area (Å²) in [5.41, 5.74) is 0. The fourth-order valence-corrected chi connectivity index (χ4v) is 1.66. The van der Waals surface area contributed by atoms with Crippen molar-refractivity contribution in [3.8, 4) is 0 Å². The molecule has 5 atom stereocenters. The third kappa shape index (κ3) is 4.11. The highest BCUT2D eigenvalue weighted by atomic mass is 16.7. The van der Waals surface area contributed by atoms with Crippen molar-refractivity contribution >= 4 is 0 Å². The van der Waals surface area contributed by atoms with Crippen LogP contribution in [0.2, 0.25) is 0 Å². The molecule has 0 aliphatic carbocycles. The first-order valence-corrected chi connectivity index (χ1v) is 5.85. The van der Waals surface area contributed by atoms with Crippen LogP contribution in [0.5, 0.6) is 0 Å². The minimum absolute atomic E-state index is 0.0139. The van der Waals surface area contributed by atoms with E-state index in [1.807, 2.05) is 0 Å². The van der Waals surface area contributed by atoms with Gasteiger partial charge in [0.15, 0.2) is 6.29 Å². The van der Waals surface area contributed by atoms with Gasteiger partial charge in [-0.15, -0.1) is 0 Å². The van der Waals surface area contributed by atoms with Crippen molar-refractivity contribution in [2.75, 3.05) is 32.9 Å². The van der Waals surface area contributed by atoms with Crippen molar-refractivity contribution in [3.63, 3.8) is 0 Å². The van der Waals surface area contributed by atoms with Crippen LogP contribution in [0, 0.1) is 0 Å². The van der Waals surface area contributed by atoms with Gasteiger partial charge >= 0.3 is 0 Å². The second-order valence-electron chi connectivity index (χ2n) is 4.04. The van der Waals surface area contributed by atoms with E-state index in [0.717, 1.165) is 0 Å². The van der Waals surface area contributed by atoms with E-state index in [4.69, 9.17) is 19.7 Å². The van der Waals surface area contributed by atoms with E-state index in [1.165, 1.54) is 0 Å². The van der Waals surface area contributed by atoms with E-state index in [-0.39, 0.29) is 13.2 Å². The molecule has 1 aliphatic rings. The van der Waals surface area contributed by atoms with Crippen LogP contribution in [-0.4, -0.2) is 89.1 Å². The molecule has 1 aliphatic heterocycles. The summed E-state index contributed by atoms with van der Waals surface area (Å²) in [6, 6.07) is 0. The van der Waals surface area contributed by atoms with Crippen LogP contribution >= 0.6 is 0 Å². The standard InChI is InChI=1S/C10H21NO7/c12-3-1-11-2-4-17-10-9(16)8(15)7(14)6(5-13)18-10/h6-16H,1-5H2. The van der Waals surface area contributed by atoms with Gasteiger partial charge in [0.25, 0.3) is 0 Å². The molecule has 8 heteroatoms. The van der Waals surface area contributed by atoms with Crippen molar-refractivity contribution < 1.29 is 35.0 Å². The number of aliphatic hydroxyl groups is 5. The second-order valence-corrected chi connectivity index (χ2v) is 4.04. The molecule has 6 N–H and O–H groups in total. The summed E-state index contributed by atoms with van der Waals surface area (Å²) in [6.07, 6.45) is -6.24. The number of nitrogens with one attached hydrogen (secondary N) is 1. The van der Waals surface area contributed by atoms with Gasteiger partial charge in [-0.05, 0) is 0 Å². The lowest BCUT2D eigenvalue weighted by Gasteiger charge is -2.39. The molecule has 0 bridgehead atoms. The predicted molar refractivity (Wildman–Crippen MR) is 59.7 cm³/mol. The fourth-order valence-electron chi connectivity index (χ4n) is 1.66. The van der Waals surface area contributed by atoms with Crippen molar-refractivity contribution in [3.05, 3.63) is 0 Å². The van der Waals surface area contributed by atoms with Crippen LogP contribution in [0.3, 0.4) is 0 Å². The molecule has 5 unspecified atom stereocenters. The molecule has 0 amide bonds. The highest BCUT2D eigenvalue weighted by molar-refractivity contribution is 4.88. The molecule has 18 heavy (non-hydrogen) atoms. The monoisotopic (exact) mass is 267 g/mol. The Hall–Kier alpha value is -0.320. The molecule has 1 saturated heterocycles. The Bertz CT molecular complexity index is 228. The van der Waals surface area contributed by atoms with Gasteiger partial charge in [-0.3, -0.25) is 0 Å². The minimum atomic E-state index is -1.42. The molecule has 1 fully saturated rings. The summed E-state index contributed by atoms with van der Waals surface area (Å²) in [7, 11) is 0. The van der Waals surface area contributed by atoms with E-state index in [0.29, 0.717) is 13.1 Å². The van der Waals surface area contributed by atoms with Gasteiger partial charge in [-0.1, -0.05) is 0 Å². The lowest BCUT2D eigenvalue weighted by atomic mass is 9.99. The van der Waals surface area contributed by atoms with Crippen molar-refractivity contribution in [1.82, 2.24) is 5.32 Å². The Labute approximate surface area is 105 Å². The zero-order chi connectivity index (χ0) is 13.5. The number of hydrogen-bond acceptors (Lipinski definition) is 8. The molecule has 108 valence electrons. The molecule has 1 heterocycles. The second kappa shape index (κ2) is 7.97. The fraction of sp³-hybridized carbons (Fsp3) is 1.00. The molecule has 0 saturated carbocycles. The topological polar surface area (TPSA) is 132 Å². The van der Waals surface area contributed by atoms with Crippen LogP contribution in [0.15, 0.2) is 0 Å². The third-order valence-corrected chi connectivity index (χ3v) is 2.70. The zero-order valence-electron chi connectivity index (χ0n) is 9.97. The predicted octanol–water partition coefficient (Wildman–Crippen LogP) is -3.62. The van der Waals surface area contributed by atoms with E-state index >= 15 is 0 Å². The molecule has 0 aromatic carbocycles. The average Bonchev–Trinajstić information content (AvgIpc) is 2.38. The number of rotatable bonds is 7. The van der Waals surface area contributed by atoms with Crippen LogP contribution in [0.25, 0.3) is 0 Å². The Balaban J connectivity index is 2.35. The van der Waals surface area contributed by atoms with Gasteiger partial charge in [0.1, 0.15) is 24.4 Å². The summed E-state index contributed by atoms with van der Waals surface area (Å²) in [5, 5.41) is 49.0. The zero-order valence-corrected chi connectivity index (χ0v) is 9.97. The van der Waals surface area contributed by atoms with Crippen LogP contribution < -0.4 is 5.32 Å². The van der Waals surface area contributed by atoms with E-state index in [9.17, 15) is 15.3 Å². The molecule has 8 nitrogen and oxygen atoms in total. The Morgan fingerprint density at radius 3 is 2.33 bits per heavy atom. The van der Waals surface area contributed by atoms with Gasteiger partial charge in [0, 0.05) is 13.1 Å². The third-order valence-electron chi connectivity index (χ3n) is 2.70. The molecular formula is C10H21NO7. The maximum Gasteiger partial charge on any atom is 0.186 e. The summed E-state index contributed by atoms with van der Waals surface area (Å²) < 4.78 is 10.3. The van der Waals surface area contributed by atoms with Gasteiger partial charge < -0.3 is 40.3 Å². The lowest BCUT2D eigenvalue weighted by molar-refractivity contribution is -0.300. The van der Waals surface area contributed by atoms with Gasteiger partial charge in [-0.2, -0.15) is 0 Å². The number of ether oxygens (including phenoxy) is 2. The van der Waals surface area contributed by atoms with Gasteiger partial charge in [-0.25, -0.2) is 0 Å². The normalized spacial score (nSPS) is 36.8. The van der Waals surface area contributed by atoms with Crippen molar-refractivity contribution in [2.45, 2.75) is 30.7 Å². The quantitative estimate of drug-likeness (QED) is 0.261. The largest absolute Gasteiger partial charge is 0.395 e. The molecular weight excluding hydrogens is 246 g/mol. The highest BCUT2D eigenvalue weighted by Crippen LogP contribution is 2.21. The number of hydrogen-bond donors (Lipinski definition) is 6. The maximum absolute atomic E-state index is 9.62. The summed E-state index contributed by atoms with van der Waals surface area (Å²) in [5.74, 6) is 0. The lowest BCUT2D eigenvalue weighted by Crippen LogP contribution is -2.59. The minimum Gasteiger partial charge on any atom is -0.395 e. The number of aliphatic hydroxyl groups excluding tert-OH is 5. The molecule has 0 radical (unpaired) electrons. The first-order chi connectivity index (χ1) is 8.61. The summed E-state index contributed by atoms with van der Waals surface area (Å²) in [4.78, 5) is 0. The Morgan fingerprint density at radius 2 is 1.72 bits per heavy atom.